The second-order valence-electron chi connectivity index (χ2n) is 5.23. The van der Waals surface area contributed by atoms with E-state index >= 15 is 0 Å². The average molecular weight is 308 g/mol. The Kier molecular flexibility index (Phi) is 4.92. The highest BCUT2D eigenvalue weighted by Crippen LogP contribution is 2.20. The lowest BCUT2D eigenvalue weighted by Crippen LogP contribution is -2.05. The van der Waals surface area contributed by atoms with Crippen LogP contribution in [-0.4, -0.2) is 10.4 Å². The molecule has 2 aromatic rings. The maximum Gasteiger partial charge on any atom is 0.205 e. The number of hydrogen-bond acceptors (Lipinski definition) is 2. The monoisotopic (exact) mass is 308 g/mol. The summed E-state index contributed by atoms with van der Waals surface area (Å²) in [6.07, 6.45) is 3.23. The lowest BCUT2D eigenvalue weighted by molar-refractivity contribution is 0.103. The van der Waals surface area contributed by atoms with Gasteiger partial charge in [-0.25, -0.2) is 4.39 Å². The van der Waals surface area contributed by atoms with E-state index in [0.717, 1.165) is 11.4 Å². The molecule has 23 heavy (non-hydrogen) atoms. The highest BCUT2D eigenvalue weighted by Gasteiger charge is 2.18. The Morgan fingerprint density at radius 1 is 1.35 bits per heavy atom. The lowest BCUT2D eigenvalue weighted by Gasteiger charge is -2.06. The minimum absolute atomic E-state index is 0.0236. The first-order valence-electron chi connectivity index (χ1n) is 7.17. The first-order valence-corrected chi connectivity index (χ1v) is 7.17. The number of nitriles is 1. The number of halogens is 1. The Morgan fingerprint density at radius 3 is 2.57 bits per heavy atom. The van der Waals surface area contributed by atoms with Crippen molar-refractivity contribution in [3.05, 3.63) is 76.9 Å². The standard InChI is InChI=1S/C19H17FN2O/c1-4-9-22-13(2)10-18(14(22)3)19(23)16(12-21)11-15-5-7-17(20)8-6-15/h4-8,10-11H,1,9H2,2-3H3/b16-11+. The van der Waals surface area contributed by atoms with Gasteiger partial charge in [0.25, 0.3) is 0 Å². The highest BCUT2D eigenvalue weighted by atomic mass is 19.1. The summed E-state index contributed by atoms with van der Waals surface area (Å²) in [5.41, 5.74) is 2.86. The molecule has 0 saturated heterocycles. The summed E-state index contributed by atoms with van der Waals surface area (Å²) in [7, 11) is 0. The van der Waals surface area contributed by atoms with Crippen molar-refractivity contribution >= 4 is 11.9 Å². The molecule has 0 N–H and O–H groups in total. The van der Waals surface area contributed by atoms with Crippen molar-refractivity contribution < 1.29 is 9.18 Å². The van der Waals surface area contributed by atoms with Crippen LogP contribution in [0.5, 0.6) is 0 Å². The van der Waals surface area contributed by atoms with E-state index in [-0.39, 0.29) is 17.2 Å². The molecule has 0 unspecified atom stereocenters. The van der Waals surface area contributed by atoms with E-state index in [1.807, 2.05) is 24.5 Å². The number of allylic oxidation sites excluding steroid dienone is 2. The van der Waals surface area contributed by atoms with Gasteiger partial charge in [-0.1, -0.05) is 18.2 Å². The lowest BCUT2D eigenvalue weighted by atomic mass is 10.0. The molecule has 0 spiro atoms. The molecular weight excluding hydrogens is 291 g/mol. The molecule has 2 rings (SSSR count). The Labute approximate surface area is 135 Å². The molecule has 0 saturated carbocycles. The van der Waals surface area contributed by atoms with Crippen LogP contribution < -0.4 is 0 Å². The quantitative estimate of drug-likeness (QED) is 0.359. The van der Waals surface area contributed by atoms with E-state index in [2.05, 4.69) is 6.58 Å². The predicted octanol–water partition coefficient (Wildman–Crippen LogP) is 4.22. The largest absolute Gasteiger partial charge is 0.345 e. The van der Waals surface area contributed by atoms with Gasteiger partial charge in [-0.05, 0) is 43.7 Å². The summed E-state index contributed by atoms with van der Waals surface area (Å²) in [6, 6.07) is 9.36. The molecule has 4 heteroatoms. The summed E-state index contributed by atoms with van der Waals surface area (Å²) in [5, 5.41) is 9.31. The summed E-state index contributed by atoms with van der Waals surface area (Å²) >= 11 is 0. The van der Waals surface area contributed by atoms with Crippen molar-refractivity contribution in [2.45, 2.75) is 20.4 Å². The first-order chi connectivity index (χ1) is 11.0. The third kappa shape index (κ3) is 3.46. The molecule has 0 amide bonds. The smallest absolute Gasteiger partial charge is 0.205 e. The van der Waals surface area contributed by atoms with Crippen molar-refractivity contribution in [1.82, 2.24) is 4.57 Å². The van der Waals surface area contributed by atoms with Crippen LogP contribution in [0.15, 0.2) is 48.6 Å². The van der Waals surface area contributed by atoms with Gasteiger partial charge in [0.05, 0.1) is 0 Å². The van der Waals surface area contributed by atoms with Crippen molar-refractivity contribution in [1.29, 1.82) is 5.26 Å². The van der Waals surface area contributed by atoms with E-state index in [0.29, 0.717) is 17.7 Å². The molecule has 0 atom stereocenters. The van der Waals surface area contributed by atoms with Crippen LogP contribution in [0.25, 0.3) is 6.08 Å². The summed E-state index contributed by atoms with van der Waals surface area (Å²) < 4.78 is 14.9. The van der Waals surface area contributed by atoms with Crippen molar-refractivity contribution in [2.24, 2.45) is 0 Å². The van der Waals surface area contributed by atoms with Crippen LogP contribution in [0.1, 0.15) is 27.3 Å². The number of Topliss-reactive ketones (excluding diaryl/α,β-unsaturated/α-hetero) is 1. The fourth-order valence-electron chi connectivity index (χ4n) is 2.46. The van der Waals surface area contributed by atoms with Crippen LogP contribution in [0.3, 0.4) is 0 Å². The Morgan fingerprint density at radius 2 is 2.00 bits per heavy atom. The zero-order valence-corrected chi connectivity index (χ0v) is 13.1. The Balaban J connectivity index is 2.41. The molecule has 1 aromatic carbocycles. The van der Waals surface area contributed by atoms with Gasteiger partial charge in [-0.2, -0.15) is 5.26 Å². The van der Waals surface area contributed by atoms with Gasteiger partial charge in [0.2, 0.25) is 5.78 Å². The summed E-state index contributed by atoms with van der Waals surface area (Å²) in [6.45, 7) is 8.06. The fourth-order valence-corrected chi connectivity index (χ4v) is 2.46. The van der Waals surface area contributed by atoms with Crippen LogP contribution in [0, 0.1) is 31.0 Å². The molecule has 0 aliphatic carbocycles. The van der Waals surface area contributed by atoms with Gasteiger partial charge in [-0.15, -0.1) is 6.58 Å². The van der Waals surface area contributed by atoms with Crippen molar-refractivity contribution in [2.75, 3.05) is 0 Å². The van der Waals surface area contributed by atoms with Crippen LogP contribution >= 0.6 is 0 Å². The predicted molar refractivity (Wildman–Crippen MR) is 88.4 cm³/mol. The van der Waals surface area contributed by atoms with Gasteiger partial charge in [0.1, 0.15) is 17.5 Å². The fraction of sp³-hybridized carbons (Fsp3) is 0.158. The van der Waals surface area contributed by atoms with E-state index < -0.39 is 0 Å². The average Bonchev–Trinajstić information content (AvgIpc) is 2.82. The first kappa shape index (κ1) is 16.4. The SMILES string of the molecule is C=CCn1c(C)cc(C(=O)/C(C#N)=C/c2ccc(F)cc2)c1C. The maximum atomic E-state index is 12.9. The van der Waals surface area contributed by atoms with Crippen LogP contribution in [0.2, 0.25) is 0 Å². The number of ketones is 1. The van der Waals surface area contributed by atoms with Gasteiger partial charge in [0, 0.05) is 23.5 Å². The van der Waals surface area contributed by atoms with Crippen molar-refractivity contribution in [3.8, 4) is 6.07 Å². The molecule has 0 fully saturated rings. The molecule has 0 aliphatic rings. The van der Waals surface area contributed by atoms with Gasteiger partial charge < -0.3 is 4.57 Å². The third-order valence-corrected chi connectivity index (χ3v) is 3.68. The Hall–Kier alpha value is -2.93. The second-order valence-corrected chi connectivity index (χ2v) is 5.23. The summed E-state index contributed by atoms with van der Waals surface area (Å²) in [4.78, 5) is 12.6. The number of rotatable bonds is 5. The number of nitrogens with zero attached hydrogens (tertiary/aromatic N) is 2. The Bertz CT molecular complexity index is 820. The zero-order chi connectivity index (χ0) is 17.0. The van der Waals surface area contributed by atoms with Gasteiger partial charge in [0.15, 0.2) is 0 Å². The molecule has 0 radical (unpaired) electrons. The number of carbonyl (C=O) groups is 1. The van der Waals surface area contributed by atoms with Gasteiger partial charge >= 0.3 is 0 Å². The molecule has 3 nitrogen and oxygen atoms in total. The number of aryl methyl sites for hydroxylation is 1. The molecular formula is C19H17FN2O. The zero-order valence-electron chi connectivity index (χ0n) is 13.1. The molecule has 0 bridgehead atoms. The van der Waals surface area contributed by atoms with E-state index in [1.165, 1.54) is 30.3 Å². The molecule has 1 heterocycles. The molecule has 116 valence electrons. The van der Waals surface area contributed by atoms with Gasteiger partial charge in [-0.3, -0.25) is 4.79 Å². The van der Waals surface area contributed by atoms with Crippen LogP contribution in [0.4, 0.5) is 4.39 Å². The molecule has 0 aliphatic heterocycles. The van der Waals surface area contributed by atoms with E-state index in [4.69, 9.17) is 0 Å². The maximum absolute atomic E-state index is 12.9. The van der Waals surface area contributed by atoms with Crippen molar-refractivity contribution in [3.63, 3.8) is 0 Å². The van der Waals surface area contributed by atoms with E-state index in [9.17, 15) is 14.4 Å². The minimum atomic E-state index is -0.361. The normalized spacial score (nSPS) is 11.1. The number of hydrogen-bond donors (Lipinski definition) is 0. The summed E-state index contributed by atoms with van der Waals surface area (Å²) in [5.74, 6) is -0.694. The number of benzene rings is 1. The second kappa shape index (κ2) is 6.89. The third-order valence-electron chi connectivity index (χ3n) is 3.68. The van der Waals surface area contributed by atoms with Crippen LogP contribution in [-0.2, 0) is 6.54 Å². The number of carbonyl (C=O) groups excluding carboxylic acids is 1. The topological polar surface area (TPSA) is 45.8 Å². The highest BCUT2D eigenvalue weighted by molar-refractivity contribution is 6.14. The minimum Gasteiger partial charge on any atom is -0.345 e. The number of aromatic nitrogens is 1. The van der Waals surface area contributed by atoms with E-state index in [1.54, 1.807) is 12.1 Å². The molecule has 1 aromatic heterocycles.